The molecule has 0 fully saturated rings. The number of aldehydes is 1. The van der Waals surface area contributed by atoms with Crippen LogP contribution in [0.2, 0.25) is 0 Å². The smallest absolute Gasteiger partial charge is 0.153 e. The van der Waals surface area contributed by atoms with E-state index in [-0.39, 0.29) is 11.9 Å². The third-order valence-corrected chi connectivity index (χ3v) is 3.77. The Bertz CT molecular complexity index is 609. The fraction of sp³-hybridized carbons (Fsp3) is 0.286. The first kappa shape index (κ1) is 13.9. The summed E-state index contributed by atoms with van der Waals surface area (Å²) in [4.78, 5) is 11.1. The quantitative estimate of drug-likeness (QED) is 0.788. The zero-order valence-electron chi connectivity index (χ0n) is 10.7. The van der Waals surface area contributed by atoms with E-state index in [1.165, 1.54) is 6.07 Å². The molecule has 0 amide bonds. The van der Waals surface area contributed by atoms with Crippen LogP contribution in [0, 0.1) is 5.82 Å². The number of carbonyl (C=O) groups excluding carboxylic acids is 1. The van der Waals surface area contributed by atoms with Crippen LogP contribution in [-0.4, -0.2) is 16.1 Å². The monoisotopic (exact) mass is 324 g/mol. The van der Waals surface area contributed by atoms with Crippen molar-refractivity contribution in [3.05, 3.63) is 40.2 Å². The van der Waals surface area contributed by atoms with E-state index in [2.05, 4.69) is 21.0 Å². The fourth-order valence-corrected chi connectivity index (χ4v) is 2.02. The van der Waals surface area contributed by atoms with Crippen LogP contribution in [-0.2, 0) is 0 Å². The van der Waals surface area contributed by atoms with Gasteiger partial charge in [0, 0.05) is 17.8 Å². The fourth-order valence-electron chi connectivity index (χ4n) is 1.77. The molecule has 2 aromatic rings. The average Bonchev–Trinajstić information content (AvgIpc) is 2.85. The maximum atomic E-state index is 13.6. The second-order valence-corrected chi connectivity index (χ2v) is 5.27. The lowest BCUT2D eigenvalue weighted by molar-refractivity contribution is 0.112. The van der Waals surface area contributed by atoms with Crippen molar-refractivity contribution in [3.63, 3.8) is 0 Å². The Labute approximate surface area is 119 Å². The van der Waals surface area contributed by atoms with Gasteiger partial charge in [0.1, 0.15) is 11.5 Å². The van der Waals surface area contributed by atoms with Gasteiger partial charge in [0.05, 0.1) is 10.0 Å². The summed E-state index contributed by atoms with van der Waals surface area (Å²) in [6, 6.07) is 4.93. The van der Waals surface area contributed by atoms with Gasteiger partial charge in [-0.3, -0.25) is 9.48 Å². The van der Waals surface area contributed by atoms with E-state index < -0.39 is 0 Å². The molecule has 1 aromatic carbocycles. The van der Waals surface area contributed by atoms with E-state index in [1.54, 1.807) is 23.0 Å². The maximum absolute atomic E-state index is 13.6. The molecule has 5 heteroatoms. The molecule has 1 aromatic heterocycles. The molecule has 1 unspecified atom stereocenters. The standard InChI is InChI=1S/C14H14BrFN2O/c1-3-9(2)18-7-11(8-19)14(17-18)10-4-5-12(15)13(16)6-10/h4-9H,3H2,1-2H3. The molecule has 1 atom stereocenters. The minimum absolute atomic E-state index is 0.202. The van der Waals surface area contributed by atoms with Gasteiger partial charge < -0.3 is 0 Å². The van der Waals surface area contributed by atoms with Crippen LogP contribution < -0.4 is 0 Å². The molecule has 2 rings (SSSR count). The predicted molar refractivity (Wildman–Crippen MR) is 75.7 cm³/mol. The Kier molecular flexibility index (Phi) is 4.14. The van der Waals surface area contributed by atoms with Crippen molar-refractivity contribution < 1.29 is 9.18 Å². The van der Waals surface area contributed by atoms with Crippen molar-refractivity contribution in [2.45, 2.75) is 26.3 Å². The Morgan fingerprint density at radius 3 is 2.84 bits per heavy atom. The van der Waals surface area contributed by atoms with Crippen LogP contribution in [0.5, 0.6) is 0 Å². The van der Waals surface area contributed by atoms with Gasteiger partial charge in [-0.15, -0.1) is 0 Å². The normalized spacial score (nSPS) is 12.4. The summed E-state index contributed by atoms with van der Waals surface area (Å²) in [6.07, 6.45) is 3.37. The summed E-state index contributed by atoms with van der Waals surface area (Å²) in [6.45, 7) is 4.07. The number of benzene rings is 1. The molecule has 19 heavy (non-hydrogen) atoms. The van der Waals surface area contributed by atoms with Gasteiger partial charge in [0.25, 0.3) is 0 Å². The summed E-state index contributed by atoms with van der Waals surface area (Å²) in [5, 5.41) is 4.40. The molecule has 0 spiro atoms. The Morgan fingerprint density at radius 1 is 1.53 bits per heavy atom. The summed E-state index contributed by atoms with van der Waals surface area (Å²) in [7, 11) is 0. The lowest BCUT2D eigenvalue weighted by Crippen LogP contribution is -2.04. The first-order valence-corrected chi connectivity index (χ1v) is 6.85. The predicted octanol–water partition coefficient (Wildman–Crippen LogP) is 4.24. The van der Waals surface area contributed by atoms with Gasteiger partial charge in [-0.1, -0.05) is 13.0 Å². The number of hydrogen-bond acceptors (Lipinski definition) is 2. The summed E-state index contributed by atoms with van der Waals surface area (Å²) >= 11 is 3.11. The van der Waals surface area contributed by atoms with Gasteiger partial charge in [-0.2, -0.15) is 5.10 Å². The van der Waals surface area contributed by atoms with Crippen molar-refractivity contribution in [2.24, 2.45) is 0 Å². The number of rotatable bonds is 4. The third kappa shape index (κ3) is 2.76. The SMILES string of the molecule is CCC(C)n1cc(C=O)c(-c2ccc(Br)c(F)c2)n1. The lowest BCUT2D eigenvalue weighted by Gasteiger charge is -2.08. The summed E-state index contributed by atoms with van der Waals surface area (Å²) in [5.74, 6) is -0.368. The summed E-state index contributed by atoms with van der Waals surface area (Å²) < 4.78 is 15.7. The van der Waals surface area contributed by atoms with E-state index in [9.17, 15) is 9.18 Å². The van der Waals surface area contributed by atoms with E-state index in [4.69, 9.17) is 0 Å². The second-order valence-electron chi connectivity index (χ2n) is 4.42. The second kappa shape index (κ2) is 5.65. The Balaban J connectivity index is 2.51. The molecule has 0 bridgehead atoms. The Morgan fingerprint density at radius 2 is 2.26 bits per heavy atom. The van der Waals surface area contributed by atoms with Crippen molar-refractivity contribution in [3.8, 4) is 11.3 Å². The lowest BCUT2D eigenvalue weighted by atomic mass is 10.1. The molecule has 0 aliphatic rings. The number of aromatic nitrogens is 2. The molecule has 0 aliphatic carbocycles. The molecule has 0 aliphatic heterocycles. The molecule has 1 heterocycles. The highest BCUT2D eigenvalue weighted by molar-refractivity contribution is 9.10. The van der Waals surface area contributed by atoms with Gasteiger partial charge >= 0.3 is 0 Å². The molecule has 0 N–H and O–H groups in total. The van der Waals surface area contributed by atoms with Crippen LogP contribution in [0.4, 0.5) is 4.39 Å². The van der Waals surface area contributed by atoms with E-state index in [1.807, 2.05) is 13.8 Å². The first-order chi connectivity index (χ1) is 9.06. The van der Waals surface area contributed by atoms with Gasteiger partial charge in [0.2, 0.25) is 0 Å². The van der Waals surface area contributed by atoms with Crippen LogP contribution in [0.15, 0.2) is 28.9 Å². The van der Waals surface area contributed by atoms with E-state index in [0.717, 1.165) is 12.7 Å². The van der Waals surface area contributed by atoms with Crippen molar-refractivity contribution in [1.29, 1.82) is 0 Å². The van der Waals surface area contributed by atoms with Crippen molar-refractivity contribution in [2.75, 3.05) is 0 Å². The molecular weight excluding hydrogens is 311 g/mol. The summed E-state index contributed by atoms with van der Waals surface area (Å²) in [5.41, 5.74) is 1.59. The van der Waals surface area contributed by atoms with Gasteiger partial charge in [-0.05, 0) is 41.4 Å². The van der Waals surface area contributed by atoms with Gasteiger partial charge in [-0.25, -0.2) is 4.39 Å². The largest absolute Gasteiger partial charge is 0.298 e. The zero-order chi connectivity index (χ0) is 14.0. The third-order valence-electron chi connectivity index (χ3n) is 3.12. The highest BCUT2D eigenvalue weighted by Crippen LogP contribution is 2.26. The topological polar surface area (TPSA) is 34.9 Å². The minimum Gasteiger partial charge on any atom is -0.298 e. The first-order valence-electron chi connectivity index (χ1n) is 6.06. The van der Waals surface area contributed by atoms with E-state index in [0.29, 0.717) is 21.3 Å². The van der Waals surface area contributed by atoms with Crippen LogP contribution in [0.25, 0.3) is 11.3 Å². The molecule has 100 valence electrons. The van der Waals surface area contributed by atoms with Crippen molar-refractivity contribution in [1.82, 2.24) is 9.78 Å². The molecule has 3 nitrogen and oxygen atoms in total. The van der Waals surface area contributed by atoms with Crippen LogP contribution in [0.3, 0.4) is 0 Å². The molecule has 0 saturated heterocycles. The number of halogens is 2. The Hall–Kier alpha value is -1.49. The minimum atomic E-state index is -0.368. The number of hydrogen-bond donors (Lipinski definition) is 0. The molecule has 0 saturated carbocycles. The van der Waals surface area contributed by atoms with Crippen LogP contribution in [0.1, 0.15) is 36.7 Å². The zero-order valence-corrected chi connectivity index (χ0v) is 12.3. The maximum Gasteiger partial charge on any atom is 0.153 e. The average molecular weight is 325 g/mol. The van der Waals surface area contributed by atoms with Crippen molar-refractivity contribution >= 4 is 22.2 Å². The molecular formula is C14H14BrFN2O. The number of nitrogens with zero attached hydrogens (tertiary/aromatic N) is 2. The van der Waals surface area contributed by atoms with Gasteiger partial charge in [0.15, 0.2) is 6.29 Å². The molecule has 0 radical (unpaired) electrons. The highest BCUT2D eigenvalue weighted by atomic mass is 79.9. The highest BCUT2D eigenvalue weighted by Gasteiger charge is 2.14. The van der Waals surface area contributed by atoms with Crippen LogP contribution >= 0.6 is 15.9 Å². The van der Waals surface area contributed by atoms with E-state index >= 15 is 0 Å². The number of carbonyl (C=O) groups is 1.